The quantitative estimate of drug-likeness (QED) is 0.223. The lowest BCUT2D eigenvalue weighted by atomic mass is 10.3. The van der Waals surface area contributed by atoms with Gasteiger partial charge < -0.3 is 9.63 Å². The summed E-state index contributed by atoms with van der Waals surface area (Å²) in [6, 6.07) is 29.5. The van der Waals surface area contributed by atoms with Gasteiger partial charge in [0.1, 0.15) is 26.0 Å². The number of benzene rings is 4. The zero-order chi connectivity index (χ0) is 22.0. The van der Waals surface area contributed by atoms with Crippen molar-refractivity contribution >= 4 is 69.8 Å². The zero-order valence-corrected chi connectivity index (χ0v) is 19.9. The van der Waals surface area contributed by atoms with Crippen molar-refractivity contribution in [1.29, 1.82) is 0 Å². The van der Waals surface area contributed by atoms with Crippen molar-refractivity contribution in [2.75, 3.05) is 0 Å². The Kier molecular flexibility index (Phi) is 6.67. The van der Waals surface area contributed by atoms with Gasteiger partial charge >= 0.3 is 0 Å². The summed E-state index contributed by atoms with van der Waals surface area (Å²) in [5.41, 5.74) is 0. The molecule has 0 heterocycles. The summed E-state index contributed by atoms with van der Waals surface area (Å²) in [7, 11) is -2.77. The van der Waals surface area contributed by atoms with Crippen LogP contribution in [-0.4, -0.2) is 0 Å². The van der Waals surface area contributed by atoms with E-state index in [9.17, 15) is 5.11 Å². The Morgan fingerprint density at radius 3 is 1.16 bits per heavy atom. The van der Waals surface area contributed by atoms with E-state index in [0.717, 1.165) is 15.9 Å². The van der Waals surface area contributed by atoms with E-state index in [4.69, 9.17) is 50.9 Å². The van der Waals surface area contributed by atoms with Crippen molar-refractivity contribution in [3.8, 4) is 11.5 Å². The lowest BCUT2D eigenvalue weighted by Crippen LogP contribution is -2.35. The molecule has 0 N–H and O–H groups in total. The highest BCUT2D eigenvalue weighted by molar-refractivity contribution is 7.92. The first-order chi connectivity index (χ1) is 15.0. The minimum Gasteiger partial charge on any atom is -0.870 e. The van der Waals surface area contributed by atoms with Crippen LogP contribution in [0.15, 0.2) is 91.0 Å². The number of hydrogen-bond donors (Lipinski definition) is 0. The van der Waals surface area contributed by atoms with E-state index < -0.39 is 13.2 Å². The molecule has 0 spiro atoms. The molecule has 31 heavy (non-hydrogen) atoms. The van der Waals surface area contributed by atoms with Gasteiger partial charge in [0, 0.05) is 0 Å². The molecule has 4 aromatic rings. The summed E-state index contributed by atoms with van der Waals surface area (Å²) in [6.45, 7) is 0. The molecule has 0 amide bonds. The monoisotopic (exact) mass is 506 g/mol. The summed E-state index contributed by atoms with van der Waals surface area (Å²) in [4.78, 5) is 0. The van der Waals surface area contributed by atoms with E-state index >= 15 is 0 Å². The maximum absolute atomic E-state index is 12.3. The molecule has 7 heteroatoms. The van der Waals surface area contributed by atoms with Crippen LogP contribution in [0.5, 0.6) is 11.5 Å². The zero-order valence-electron chi connectivity index (χ0n) is 15.9. The molecule has 0 unspecified atom stereocenters. The van der Waals surface area contributed by atoms with Crippen molar-refractivity contribution in [3.63, 3.8) is 0 Å². The summed E-state index contributed by atoms with van der Waals surface area (Å²) in [6.07, 6.45) is 0. The van der Waals surface area contributed by atoms with Crippen molar-refractivity contribution in [2.45, 2.75) is 0 Å². The second-order valence-electron chi connectivity index (χ2n) is 6.62. The molecular formula is C24H15Cl4O2P. The summed E-state index contributed by atoms with van der Waals surface area (Å²) >= 11 is 25.3. The van der Waals surface area contributed by atoms with Gasteiger partial charge in [-0.3, -0.25) is 0 Å². The molecule has 4 aromatic carbocycles. The van der Waals surface area contributed by atoms with E-state index in [2.05, 4.69) is 0 Å². The van der Waals surface area contributed by atoms with E-state index in [1.807, 2.05) is 91.0 Å². The van der Waals surface area contributed by atoms with Gasteiger partial charge in [-0.1, -0.05) is 107 Å². The third-order valence-corrected chi connectivity index (χ3v) is 9.94. The highest BCUT2D eigenvalue weighted by Gasteiger charge is 2.50. The fourth-order valence-corrected chi connectivity index (χ4v) is 7.77. The Hall–Kier alpha value is -1.93. The first-order valence-electron chi connectivity index (χ1n) is 9.25. The molecule has 0 aromatic heterocycles. The molecule has 0 bridgehead atoms. The minimum absolute atomic E-state index is 0.0618. The Morgan fingerprint density at radius 2 is 0.839 bits per heavy atom. The fraction of sp³-hybridized carbons (Fsp3) is 0. The van der Waals surface area contributed by atoms with Gasteiger partial charge in [-0.15, -0.1) is 0 Å². The molecule has 156 valence electrons. The Labute approximate surface area is 201 Å². The van der Waals surface area contributed by atoms with Gasteiger partial charge in [0.2, 0.25) is 5.75 Å². The number of rotatable bonds is 5. The molecule has 0 atom stereocenters. The first-order valence-corrected chi connectivity index (χ1v) is 12.5. The Bertz CT molecular complexity index is 1080. The van der Waals surface area contributed by atoms with Gasteiger partial charge in [0.05, 0.1) is 10.0 Å². The van der Waals surface area contributed by atoms with Gasteiger partial charge in [-0.05, 0) is 36.4 Å². The van der Waals surface area contributed by atoms with Crippen LogP contribution in [0.4, 0.5) is 0 Å². The molecule has 0 aliphatic carbocycles. The minimum atomic E-state index is -2.77. The van der Waals surface area contributed by atoms with E-state index in [1.54, 1.807) is 0 Å². The predicted octanol–water partition coefficient (Wildman–Crippen LogP) is 6.66. The van der Waals surface area contributed by atoms with Crippen LogP contribution in [0.1, 0.15) is 0 Å². The van der Waals surface area contributed by atoms with Crippen LogP contribution in [0.2, 0.25) is 20.1 Å². The molecule has 0 saturated heterocycles. The number of hydrogen-bond acceptors (Lipinski definition) is 2. The Morgan fingerprint density at radius 1 is 0.516 bits per heavy atom. The lowest BCUT2D eigenvalue weighted by Gasteiger charge is -2.28. The summed E-state index contributed by atoms with van der Waals surface area (Å²) in [5.74, 6) is -0.545. The summed E-state index contributed by atoms with van der Waals surface area (Å²) in [5, 5.41) is 14.5. The second-order valence-corrected chi connectivity index (χ2v) is 11.1. The molecule has 0 radical (unpaired) electrons. The third kappa shape index (κ3) is 4.00. The average Bonchev–Trinajstić information content (AvgIpc) is 2.83. The first kappa shape index (κ1) is 22.3. The van der Waals surface area contributed by atoms with Gasteiger partial charge in [-0.25, -0.2) is 0 Å². The molecular weight excluding hydrogens is 493 g/mol. The van der Waals surface area contributed by atoms with Gasteiger partial charge in [-0.2, -0.15) is 0 Å². The van der Waals surface area contributed by atoms with Gasteiger partial charge in [0.15, 0.2) is 0 Å². The molecule has 4 rings (SSSR count). The SMILES string of the molecule is [O-]c1c(Cl)c(Cl)c(O[P+](c2ccccc2)(c2ccccc2)c2ccccc2)c(Cl)c1Cl. The van der Waals surface area contributed by atoms with Crippen LogP contribution in [0.3, 0.4) is 0 Å². The topological polar surface area (TPSA) is 32.3 Å². The standard InChI is InChI=1S/C24H15Cl4O2P/c25-19-21(27)24(22(28)20(26)23(19)29)30-31(16-10-4-1-5-11-16,17-12-6-2-7-13-17)18-14-8-3-9-15-18/h1-15H. The molecule has 0 saturated carbocycles. The van der Waals surface area contributed by atoms with Crippen LogP contribution in [-0.2, 0) is 0 Å². The van der Waals surface area contributed by atoms with Crippen molar-refractivity contribution in [2.24, 2.45) is 0 Å². The van der Waals surface area contributed by atoms with E-state index in [0.29, 0.717) is 0 Å². The van der Waals surface area contributed by atoms with Crippen LogP contribution in [0, 0.1) is 0 Å². The third-order valence-electron chi connectivity index (χ3n) is 4.77. The predicted molar refractivity (Wildman–Crippen MR) is 132 cm³/mol. The van der Waals surface area contributed by atoms with Crippen LogP contribution < -0.4 is 25.5 Å². The van der Waals surface area contributed by atoms with Gasteiger partial charge in [0.25, 0.3) is 7.49 Å². The molecule has 0 fully saturated rings. The maximum atomic E-state index is 12.3. The van der Waals surface area contributed by atoms with Crippen molar-refractivity contribution < 1.29 is 9.63 Å². The maximum Gasteiger partial charge on any atom is 0.287 e. The van der Waals surface area contributed by atoms with Crippen molar-refractivity contribution in [1.82, 2.24) is 0 Å². The van der Waals surface area contributed by atoms with Crippen molar-refractivity contribution in [3.05, 3.63) is 111 Å². The van der Waals surface area contributed by atoms with Crippen LogP contribution in [0.25, 0.3) is 0 Å². The lowest BCUT2D eigenvalue weighted by molar-refractivity contribution is -0.268. The van der Waals surface area contributed by atoms with E-state index in [-0.39, 0.29) is 25.8 Å². The van der Waals surface area contributed by atoms with Crippen LogP contribution >= 0.6 is 53.9 Å². The van der Waals surface area contributed by atoms with E-state index in [1.165, 1.54) is 0 Å². The Balaban J connectivity index is 2.08. The fourth-order valence-electron chi connectivity index (χ4n) is 3.33. The molecule has 0 aliphatic rings. The summed E-state index contributed by atoms with van der Waals surface area (Å²) < 4.78 is 6.78. The smallest absolute Gasteiger partial charge is 0.287 e. The second kappa shape index (κ2) is 9.28. The highest BCUT2D eigenvalue weighted by atomic mass is 35.5. The largest absolute Gasteiger partial charge is 0.870 e. The highest BCUT2D eigenvalue weighted by Crippen LogP contribution is 2.60. The molecule has 2 nitrogen and oxygen atoms in total. The average molecular weight is 508 g/mol. The normalized spacial score (nSPS) is 11.4. The number of halogens is 4. The molecule has 0 aliphatic heterocycles.